The Morgan fingerprint density at radius 1 is 1.10 bits per heavy atom. The molecule has 0 bridgehead atoms. The summed E-state index contributed by atoms with van der Waals surface area (Å²) in [7, 11) is 0. The number of hydrogen-bond donors (Lipinski definition) is 1. The minimum Gasteiger partial charge on any atom is -0.437 e. The van der Waals surface area contributed by atoms with Crippen molar-refractivity contribution in [2.45, 2.75) is 39.5 Å². The number of ether oxygens (including phenoxy) is 1. The number of rotatable bonds is 3. The number of nitrogens with two attached hydrogens (primary N) is 1. The summed E-state index contributed by atoms with van der Waals surface area (Å²) in [5.74, 6) is 1.65. The molecule has 20 heavy (non-hydrogen) atoms. The highest BCUT2D eigenvalue weighted by Crippen LogP contribution is 2.34. The monoisotopic (exact) mass is 271 g/mol. The van der Waals surface area contributed by atoms with Crippen molar-refractivity contribution in [1.82, 2.24) is 10.2 Å². The van der Waals surface area contributed by atoms with Crippen molar-refractivity contribution < 1.29 is 4.74 Å². The molecular weight excluding hydrogens is 250 g/mol. The van der Waals surface area contributed by atoms with Crippen LogP contribution in [0.4, 0.5) is 5.82 Å². The van der Waals surface area contributed by atoms with Gasteiger partial charge in [-0.1, -0.05) is 39.8 Å². The molecule has 1 aromatic heterocycles. The molecule has 4 heteroatoms. The standard InChI is InChI=1S/C16H21N3O/c1-5-11-6-7-13(12(10-11)16(2,3)4)20-15-9-8-14(17)18-19-15/h6-10H,5H2,1-4H3,(H2,17,18). The summed E-state index contributed by atoms with van der Waals surface area (Å²) in [4.78, 5) is 0. The first-order valence-corrected chi connectivity index (χ1v) is 6.80. The fourth-order valence-electron chi connectivity index (χ4n) is 1.97. The Morgan fingerprint density at radius 3 is 2.40 bits per heavy atom. The van der Waals surface area contributed by atoms with Gasteiger partial charge in [-0.25, -0.2) is 0 Å². The van der Waals surface area contributed by atoms with Crippen LogP contribution in [0.3, 0.4) is 0 Å². The van der Waals surface area contributed by atoms with E-state index in [1.807, 2.05) is 6.07 Å². The van der Waals surface area contributed by atoms with Gasteiger partial charge in [0.1, 0.15) is 11.6 Å². The molecule has 0 fully saturated rings. The van der Waals surface area contributed by atoms with E-state index in [4.69, 9.17) is 10.5 Å². The highest BCUT2D eigenvalue weighted by molar-refractivity contribution is 5.43. The third-order valence-corrected chi connectivity index (χ3v) is 3.14. The van der Waals surface area contributed by atoms with Crippen LogP contribution >= 0.6 is 0 Å². The Hall–Kier alpha value is -2.10. The molecular formula is C16H21N3O. The van der Waals surface area contributed by atoms with Crippen LogP contribution in [0, 0.1) is 0 Å². The van der Waals surface area contributed by atoms with E-state index >= 15 is 0 Å². The molecule has 2 aromatic rings. The maximum atomic E-state index is 5.86. The lowest BCUT2D eigenvalue weighted by Crippen LogP contribution is -2.13. The normalized spacial score (nSPS) is 11.4. The maximum Gasteiger partial charge on any atom is 0.239 e. The quantitative estimate of drug-likeness (QED) is 0.924. The topological polar surface area (TPSA) is 61.0 Å². The zero-order chi connectivity index (χ0) is 14.8. The Labute approximate surface area is 120 Å². The second kappa shape index (κ2) is 5.49. The van der Waals surface area contributed by atoms with Gasteiger partial charge in [-0.15, -0.1) is 10.2 Å². The first-order valence-electron chi connectivity index (χ1n) is 6.80. The molecule has 0 amide bonds. The minimum absolute atomic E-state index is 0.00174. The molecule has 0 saturated carbocycles. The van der Waals surface area contributed by atoms with E-state index in [1.54, 1.807) is 12.1 Å². The van der Waals surface area contributed by atoms with Crippen molar-refractivity contribution >= 4 is 5.82 Å². The van der Waals surface area contributed by atoms with Gasteiger partial charge in [0.05, 0.1) is 0 Å². The fourth-order valence-corrected chi connectivity index (χ4v) is 1.97. The van der Waals surface area contributed by atoms with Crippen LogP contribution in [-0.4, -0.2) is 10.2 Å². The van der Waals surface area contributed by atoms with Crippen molar-refractivity contribution in [3.8, 4) is 11.6 Å². The van der Waals surface area contributed by atoms with Crippen molar-refractivity contribution in [3.63, 3.8) is 0 Å². The lowest BCUT2D eigenvalue weighted by atomic mass is 9.85. The van der Waals surface area contributed by atoms with Crippen LogP contribution < -0.4 is 10.5 Å². The van der Waals surface area contributed by atoms with Crippen molar-refractivity contribution in [2.24, 2.45) is 0 Å². The first-order chi connectivity index (χ1) is 9.40. The van der Waals surface area contributed by atoms with Gasteiger partial charge in [0.15, 0.2) is 0 Å². The molecule has 0 atom stereocenters. The summed E-state index contributed by atoms with van der Waals surface area (Å²) >= 11 is 0. The molecule has 0 spiro atoms. The van der Waals surface area contributed by atoms with E-state index in [2.05, 4.69) is 50.0 Å². The number of benzene rings is 1. The van der Waals surface area contributed by atoms with Gasteiger partial charge in [-0.2, -0.15) is 0 Å². The van der Waals surface area contributed by atoms with Gasteiger partial charge < -0.3 is 10.5 Å². The average molecular weight is 271 g/mol. The summed E-state index contributed by atoms with van der Waals surface area (Å²) in [6, 6.07) is 9.68. The molecule has 2 rings (SSSR count). The van der Waals surface area contributed by atoms with E-state index in [9.17, 15) is 0 Å². The van der Waals surface area contributed by atoms with Crippen molar-refractivity contribution in [1.29, 1.82) is 0 Å². The number of anilines is 1. The van der Waals surface area contributed by atoms with E-state index in [0.29, 0.717) is 11.7 Å². The molecule has 0 saturated heterocycles. The second-order valence-corrected chi connectivity index (χ2v) is 5.83. The first kappa shape index (κ1) is 14.3. The molecule has 2 N–H and O–H groups in total. The van der Waals surface area contributed by atoms with Gasteiger partial charge in [0, 0.05) is 11.6 Å². The van der Waals surface area contributed by atoms with Crippen LogP contribution in [0.5, 0.6) is 11.6 Å². The van der Waals surface area contributed by atoms with Gasteiger partial charge in [0.2, 0.25) is 5.88 Å². The molecule has 4 nitrogen and oxygen atoms in total. The van der Waals surface area contributed by atoms with Gasteiger partial charge in [-0.3, -0.25) is 0 Å². The predicted octanol–water partition coefficient (Wildman–Crippen LogP) is 3.71. The van der Waals surface area contributed by atoms with Crippen LogP contribution in [0.15, 0.2) is 30.3 Å². The number of hydrogen-bond acceptors (Lipinski definition) is 4. The Kier molecular flexibility index (Phi) is 3.93. The van der Waals surface area contributed by atoms with E-state index in [-0.39, 0.29) is 5.41 Å². The molecule has 1 heterocycles. The molecule has 0 aliphatic heterocycles. The van der Waals surface area contributed by atoms with Crippen LogP contribution in [0.2, 0.25) is 0 Å². The zero-order valence-corrected chi connectivity index (χ0v) is 12.5. The molecule has 0 unspecified atom stereocenters. The summed E-state index contributed by atoms with van der Waals surface area (Å²) in [5.41, 5.74) is 7.99. The lowest BCUT2D eigenvalue weighted by molar-refractivity contribution is 0.434. The fraction of sp³-hybridized carbons (Fsp3) is 0.375. The summed E-state index contributed by atoms with van der Waals surface area (Å²) < 4.78 is 5.86. The smallest absolute Gasteiger partial charge is 0.239 e. The molecule has 1 aromatic carbocycles. The second-order valence-electron chi connectivity index (χ2n) is 5.83. The predicted molar refractivity (Wildman–Crippen MR) is 81.0 cm³/mol. The molecule has 0 radical (unpaired) electrons. The Morgan fingerprint density at radius 2 is 1.85 bits per heavy atom. The molecule has 106 valence electrons. The lowest BCUT2D eigenvalue weighted by Gasteiger charge is -2.23. The van der Waals surface area contributed by atoms with Crippen molar-refractivity contribution in [2.75, 3.05) is 5.73 Å². The molecule has 0 aliphatic rings. The highest BCUT2D eigenvalue weighted by Gasteiger charge is 2.20. The minimum atomic E-state index is 0.00174. The Balaban J connectivity index is 2.38. The highest BCUT2D eigenvalue weighted by atomic mass is 16.5. The number of nitrogens with zero attached hydrogens (tertiary/aromatic N) is 2. The third kappa shape index (κ3) is 3.26. The largest absolute Gasteiger partial charge is 0.437 e. The number of nitrogen functional groups attached to an aromatic ring is 1. The van der Waals surface area contributed by atoms with Gasteiger partial charge in [0.25, 0.3) is 0 Å². The number of aryl methyl sites for hydroxylation is 1. The SMILES string of the molecule is CCc1ccc(Oc2ccc(N)nn2)c(C(C)(C)C)c1. The van der Waals surface area contributed by atoms with Crippen LogP contribution in [0.1, 0.15) is 38.8 Å². The number of aromatic nitrogens is 2. The summed E-state index contributed by atoms with van der Waals surface area (Å²) in [5, 5.41) is 7.75. The average Bonchev–Trinajstić information content (AvgIpc) is 2.40. The maximum absolute atomic E-state index is 5.86. The summed E-state index contributed by atoms with van der Waals surface area (Å²) in [6.07, 6.45) is 1.00. The van der Waals surface area contributed by atoms with Crippen molar-refractivity contribution in [3.05, 3.63) is 41.5 Å². The Bertz CT molecular complexity index is 586. The van der Waals surface area contributed by atoms with Gasteiger partial charge in [-0.05, 0) is 29.5 Å². The van der Waals surface area contributed by atoms with Crippen LogP contribution in [0.25, 0.3) is 0 Å². The zero-order valence-electron chi connectivity index (χ0n) is 12.5. The molecule has 0 aliphatic carbocycles. The summed E-state index contributed by atoms with van der Waals surface area (Å²) in [6.45, 7) is 8.66. The van der Waals surface area contributed by atoms with E-state index in [1.165, 1.54) is 5.56 Å². The van der Waals surface area contributed by atoms with Gasteiger partial charge >= 0.3 is 0 Å². The van der Waals surface area contributed by atoms with E-state index in [0.717, 1.165) is 17.7 Å². The van der Waals surface area contributed by atoms with Crippen LogP contribution in [-0.2, 0) is 11.8 Å². The van der Waals surface area contributed by atoms with E-state index < -0.39 is 0 Å². The third-order valence-electron chi connectivity index (χ3n) is 3.14.